The Labute approximate surface area is 515 Å². The molecule has 0 bridgehead atoms. The van der Waals surface area contributed by atoms with Gasteiger partial charge in [-0.3, -0.25) is 14.4 Å². The highest BCUT2D eigenvalue weighted by Crippen LogP contribution is 2.18. The zero-order chi connectivity index (χ0) is 59.9. The molecule has 0 heterocycles. The average molecular weight is 1160 g/mol. The molecule has 0 aromatic rings. The first-order chi connectivity index (χ1) is 41.0. The lowest BCUT2D eigenvalue weighted by molar-refractivity contribution is -0.167. The van der Waals surface area contributed by atoms with Gasteiger partial charge in [-0.15, -0.1) is 0 Å². The molecule has 6 heteroatoms. The summed E-state index contributed by atoms with van der Waals surface area (Å²) < 4.78 is 17.0. The van der Waals surface area contributed by atoms with Crippen molar-refractivity contribution in [3.8, 4) is 0 Å². The number of allylic oxidation sites excluding steroid dienone is 14. The van der Waals surface area contributed by atoms with Crippen molar-refractivity contribution in [3.05, 3.63) is 85.1 Å². The van der Waals surface area contributed by atoms with Gasteiger partial charge in [0.25, 0.3) is 0 Å². The Morgan fingerprint density at radius 1 is 0.253 bits per heavy atom. The van der Waals surface area contributed by atoms with E-state index < -0.39 is 6.10 Å². The van der Waals surface area contributed by atoms with Gasteiger partial charge in [0.2, 0.25) is 0 Å². The van der Waals surface area contributed by atoms with Gasteiger partial charge in [0.1, 0.15) is 13.2 Å². The Bertz CT molecular complexity index is 1570. The molecule has 0 saturated carbocycles. The summed E-state index contributed by atoms with van der Waals surface area (Å²) in [6, 6.07) is 0. The minimum Gasteiger partial charge on any atom is -0.462 e. The highest BCUT2D eigenvalue weighted by atomic mass is 16.6. The smallest absolute Gasteiger partial charge is 0.306 e. The number of rotatable bonds is 66. The van der Waals surface area contributed by atoms with Crippen molar-refractivity contribution in [2.45, 2.75) is 374 Å². The van der Waals surface area contributed by atoms with Gasteiger partial charge in [-0.25, -0.2) is 0 Å². The van der Waals surface area contributed by atoms with Crippen LogP contribution < -0.4 is 0 Å². The molecule has 0 N–H and O–H groups in total. The largest absolute Gasteiger partial charge is 0.462 e. The van der Waals surface area contributed by atoms with E-state index in [0.29, 0.717) is 19.3 Å². The first kappa shape index (κ1) is 79.6. The molecule has 0 spiro atoms. The van der Waals surface area contributed by atoms with E-state index in [9.17, 15) is 14.4 Å². The zero-order valence-corrected chi connectivity index (χ0v) is 55.2. The molecule has 83 heavy (non-hydrogen) atoms. The van der Waals surface area contributed by atoms with Crippen LogP contribution in [0, 0.1) is 0 Å². The van der Waals surface area contributed by atoms with E-state index in [1.807, 2.05) is 0 Å². The lowest BCUT2D eigenvalue weighted by Crippen LogP contribution is -2.30. The van der Waals surface area contributed by atoms with Crippen LogP contribution in [0.4, 0.5) is 0 Å². The van der Waals surface area contributed by atoms with Crippen molar-refractivity contribution in [3.63, 3.8) is 0 Å². The van der Waals surface area contributed by atoms with Crippen LogP contribution in [-0.2, 0) is 28.6 Å². The van der Waals surface area contributed by atoms with Crippen LogP contribution in [0.25, 0.3) is 0 Å². The fourth-order valence-electron chi connectivity index (χ4n) is 10.5. The first-order valence-electron chi connectivity index (χ1n) is 36.1. The summed E-state index contributed by atoms with van der Waals surface area (Å²) in [5.41, 5.74) is 0. The second-order valence-corrected chi connectivity index (χ2v) is 24.1. The van der Waals surface area contributed by atoms with Gasteiger partial charge in [-0.05, 0) is 96.3 Å². The van der Waals surface area contributed by atoms with Gasteiger partial charge in [0.05, 0.1) is 0 Å². The summed E-state index contributed by atoms with van der Waals surface area (Å²) in [7, 11) is 0. The number of hydrogen-bond donors (Lipinski definition) is 0. The monoisotopic (exact) mass is 1160 g/mol. The quantitative estimate of drug-likeness (QED) is 0.0261. The van der Waals surface area contributed by atoms with Gasteiger partial charge in [0, 0.05) is 19.3 Å². The predicted octanol–water partition coefficient (Wildman–Crippen LogP) is 25.0. The van der Waals surface area contributed by atoms with Crippen LogP contribution in [0.2, 0.25) is 0 Å². The van der Waals surface area contributed by atoms with Gasteiger partial charge >= 0.3 is 17.9 Å². The van der Waals surface area contributed by atoms with Crippen molar-refractivity contribution in [1.82, 2.24) is 0 Å². The van der Waals surface area contributed by atoms with Gasteiger partial charge < -0.3 is 14.2 Å². The summed E-state index contributed by atoms with van der Waals surface area (Å²) in [5.74, 6) is -0.894. The predicted molar refractivity (Wildman–Crippen MR) is 362 cm³/mol. The summed E-state index contributed by atoms with van der Waals surface area (Å²) in [6.07, 6.45) is 94.7. The third kappa shape index (κ3) is 69.3. The van der Waals surface area contributed by atoms with Crippen LogP contribution in [0.1, 0.15) is 367 Å². The normalized spacial score (nSPS) is 12.6. The van der Waals surface area contributed by atoms with Crippen LogP contribution in [-0.4, -0.2) is 37.2 Å². The summed E-state index contributed by atoms with van der Waals surface area (Å²) in [5, 5.41) is 0. The number of carbonyl (C=O) groups is 3. The van der Waals surface area contributed by atoms with Crippen molar-refractivity contribution in [2.75, 3.05) is 13.2 Å². The van der Waals surface area contributed by atoms with E-state index in [1.54, 1.807) is 0 Å². The molecule has 0 fully saturated rings. The molecule has 6 nitrogen and oxygen atoms in total. The van der Waals surface area contributed by atoms with Gasteiger partial charge in [-0.2, -0.15) is 0 Å². The third-order valence-electron chi connectivity index (χ3n) is 15.9. The standard InChI is InChI=1S/C77H136O6/c1-4-7-10-13-16-19-22-25-28-31-33-35-37-38-40-41-43-46-49-52-55-58-61-64-67-70-76(79)82-73-74(72-81-75(78)69-66-63-60-57-54-51-48-45-30-27-24-21-18-15-12-9-6-3)83-77(80)71-68-65-62-59-56-53-50-47-44-42-39-36-34-32-29-26-23-20-17-14-11-8-5-2/h8,11,17,20,26-27,29-30,34,36,42,44,50,53,74H,4-7,9-10,12-16,18-19,21-25,28,31-33,35,37-41,43,45-49,51-52,54-73H2,1-3H3/b11-8-,20-17-,29-26-,30-27-,36-34-,44-42-,53-50-. The Morgan fingerprint density at radius 3 is 0.747 bits per heavy atom. The molecular formula is C77H136O6. The Morgan fingerprint density at radius 2 is 0.470 bits per heavy atom. The molecule has 0 amide bonds. The maximum Gasteiger partial charge on any atom is 0.306 e. The Balaban J connectivity index is 4.37. The minimum absolute atomic E-state index is 0.0852. The highest BCUT2D eigenvalue weighted by Gasteiger charge is 2.19. The average Bonchev–Trinajstić information content (AvgIpc) is 3.49. The first-order valence-corrected chi connectivity index (χ1v) is 36.1. The molecule has 0 rings (SSSR count). The topological polar surface area (TPSA) is 78.9 Å². The molecule has 0 aromatic heterocycles. The van der Waals surface area contributed by atoms with Crippen LogP contribution >= 0.6 is 0 Å². The van der Waals surface area contributed by atoms with E-state index in [4.69, 9.17) is 14.2 Å². The molecule has 480 valence electrons. The molecule has 1 atom stereocenters. The van der Waals surface area contributed by atoms with E-state index >= 15 is 0 Å². The molecule has 0 aliphatic carbocycles. The van der Waals surface area contributed by atoms with Crippen molar-refractivity contribution < 1.29 is 28.6 Å². The SMILES string of the molecule is CC/C=C\C/C=C\C/C=C\C/C=C\C/C=C\C/C=C\CCCCCCC(=O)OC(COC(=O)CCCCCCCCC/C=C\CCCCCCCC)COC(=O)CCCCCCCCCCCCCCCCCCCCCCCCCCC. The van der Waals surface area contributed by atoms with E-state index in [0.717, 1.165) is 109 Å². The summed E-state index contributed by atoms with van der Waals surface area (Å²) in [4.78, 5) is 38.5. The molecule has 1 unspecified atom stereocenters. The fraction of sp³-hybridized carbons (Fsp3) is 0.779. The number of esters is 3. The second-order valence-electron chi connectivity index (χ2n) is 24.1. The van der Waals surface area contributed by atoms with Crippen molar-refractivity contribution in [2.24, 2.45) is 0 Å². The summed E-state index contributed by atoms with van der Waals surface area (Å²) >= 11 is 0. The van der Waals surface area contributed by atoms with Gasteiger partial charge in [-0.1, -0.05) is 337 Å². The molecule has 0 aliphatic heterocycles. The van der Waals surface area contributed by atoms with E-state index in [1.165, 1.54) is 218 Å². The number of ether oxygens (including phenoxy) is 3. The Kier molecular flexibility index (Phi) is 68.2. The zero-order valence-electron chi connectivity index (χ0n) is 55.2. The van der Waals surface area contributed by atoms with Crippen molar-refractivity contribution >= 4 is 17.9 Å². The highest BCUT2D eigenvalue weighted by molar-refractivity contribution is 5.71. The maximum absolute atomic E-state index is 13.0. The van der Waals surface area contributed by atoms with E-state index in [-0.39, 0.29) is 31.1 Å². The van der Waals surface area contributed by atoms with E-state index in [2.05, 4.69) is 106 Å². The summed E-state index contributed by atoms with van der Waals surface area (Å²) in [6.45, 7) is 6.56. The Hall–Kier alpha value is -3.41. The second kappa shape index (κ2) is 71.1. The fourth-order valence-corrected chi connectivity index (χ4v) is 10.5. The molecule has 0 aliphatic rings. The van der Waals surface area contributed by atoms with Gasteiger partial charge in [0.15, 0.2) is 6.10 Å². The molecular weight excluding hydrogens is 1020 g/mol. The molecule has 0 saturated heterocycles. The van der Waals surface area contributed by atoms with Crippen LogP contribution in [0.5, 0.6) is 0 Å². The minimum atomic E-state index is -0.794. The molecule has 0 radical (unpaired) electrons. The lowest BCUT2D eigenvalue weighted by atomic mass is 10.0. The molecule has 0 aromatic carbocycles. The van der Waals surface area contributed by atoms with Crippen LogP contribution in [0.15, 0.2) is 85.1 Å². The number of carbonyl (C=O) groups excluding carboxylic acids is 3. The van der Waals surface area contributed by atoms with Crippen LogP contribution in [0.3, 0.4) is 0 Å². The lowest BCUT2D eigenvalue weighted by Gasteiger charge is -2.18. The van der Waals surface area contributed by atoms with Crippen molar-refractivity contribution in [1.29, 1.82) is 0 Å². The number of hydrogen-bond acceptors (Lipinski definition) is 6. The number of unbranched alkanes of at least 4 members (excludes halogenated alkanes) is 41. The maximum atomic E-state index is 13.0. The third-order valence-corrected chi connectivity index (χ3v) is 15.9.